The number of ether oxygens (including phenoxy) is 1. The molecule has 1 aromatic heterocycles. The number of rotatable bonds is 8. The number of amides is 3. The molecule has 0 bridgehead atoms. The average Bonchev–Trinajstić information content (AvgIpc) is 3.40. The molecular weight excluding hydrogens is 466 g/mol. The van der Waals surface area contributed by atoms with E-state index >= 15 is 0 Å². The fraction of sp³-hybridized carbons (Fsp3) is 0.409. The maximum Gasteiger partial charge on any atom is 0.276 e. The van der Waals surface area contributed by atoms with Gasteiger partial charge in [0.1, 0.15) is 11.5 Å². The van der Waals surface area contributed by atoms with Gasteiger partial charge >= 0.3 is 0 Å². The van der Waals surface area contributed by atoms with E-state index in [1.54, 1.807) is 17.0 Å². The summed E-state index contributed by atoms with van der Waals surface area (Å²) in [5.41, 5.74) is 5.90. The lowest BCUT2D eigenvalue weighted by Crippen LogP contribution is -2.46. The predicted molar refractivity (Wildman–Crippen MR) is 117 cm³/mol. The van der Waals surface area contributed by atoms with E-state index in [-0.39, 0.29) is 25.5 Å². The number of hydrogen-bond donors (Lipinski definition) is 2. The van der Waals surface area contributed by atoms with Gasteiger partial charge in [-0.25, -0.2) is 0 Å². The molecule has 0 aliphatic carbocycles. The molecule has 0 radical (unpaired) electrons. The molecule has 1 saturated heterocycles. The van der Waals surface area contributed by atoms with Crippen LogP contribution in [0.4, 0.5) is 0 Å². The number of likely N-dealkylation sites (tertiary alicyclic amines) is 1. The van der Waals surface area contributed by atoms with E-state index in [1.807, 2.05) is 18.2 Å². The Balaban J connectivity index is 1.42. The van der Waals surface area contributed by atoms with Crippen LogP contribution in [0.25, 0.3) is 0 Å². The Kier molecular flexibility index (Phi) is 7.73. The van der Waals surface area contributed by atoms with Gasteiger partial charge in [-0.05, 0) is 58.1 Å². The molecule has 166 valence electrons. The topological polar surface area (TPSA) is 101 Å². The van der Waals surface area contributed by atoms with Crippen LogP contribution in [0.1, 0.15) is 43.9 Å². The van der Waals surface area contributed by atoms with E-state index in [0.717, 1.165) is 10.9 Å². The molecule has 2 N–H and O–H groups in total. The summed E-state index contributed by atoms with van der Waals surface area (Å²) in [5.74, 6) is 0.0570. The van der Waals surface area contributed by atoms with Gasteiger partial charge in [0.25, 0.3) is 5.91 Å². The SMILES string of the molecule is CCC(C)c1ccc(OCC(=O)NNC(=O)C2CC(=O)N(Cc3ccco3)C2)c(Br)c1. The summed E-state index contributed by atoms with van der Waals surface area (Å²) in [6.07, 6.45) is 2.66. The van der Waals surface area contributed by atoms with Crippen LogP contribution < -0.4 is 15.6 Å². The van der Waals surface area contributed by atoms with Crippen LogP contribution >= 0.6 is 15.9 Å². The Morgan fingerprint density at radius 2 is 2.13 bits per heavy atom. The minimum atomic E-state index is -0.536. The second-order valence-electron chi connectivity index (χ2n) is 7.58. The Hall–Kier alpha value is -2.81. The molecule has 2 unspecified atom stereocenters. The van der Waals surface area contributed by atoms with Crippen molar-refractivity contribution in [2.24, 2.45) is 5.92 Å². The second kappa shape index (κ2) is 10.5. The highest BCUT2D eigenvalue weighted by molar-refractivity contribution is 9.10. The summed E-state index contributed by atoms with van der Waals surface area (Å²) >= 11 is 3.46. The van der Waals surface area contributed by atoms with Crippen LogP contribution in [0, 0.1) is 5.92 Å². The van der Waals surface area contributed by atoms with Crippen molar-refractivity contribution in [2.75, 3.05) is 13.2 Å². The fourth-order valence-electron chi connectivity index (χ4n) is 3.28. The van der Waals surface area contributed by atoms with Crippen molar-refractivity contribution in [3.05, 3.63) is 52.4 Å². The first-order chi connectivity index (χ1) is 14.9. The quantitative estimate of drug-likeness (QED) is 0.552. The second-order valence-corrected chi connectivity index (χ2v) is 8.43. The molecule has 3 amide bonds. The highest BCUT2D eigenvalue weighted by atomic mass is 79.9. The van der Waals surface area contributed by atoms with Crippen molar-refractivity contribution in [1.29, 1.82) is 0 Å². The smallest absolute Gasteiger partial charge is 0.276 e. The summed E-state index contributed by atoms with van der Waals surface area (Å²) in [4.78, 5) is 38.1. The minimum absolute atomic E-state index is 0.0917. The lowest BCUT2D eigenvalue weighted by atomic mass is 9.99. The van der Waals surface area contributed by atoms with Gasteiger partial charge in [-0.1, -0.05) is 19.9 Å². The van der Waals surface area contributed by atoms with Gasteiger partial charge in [-0.3, -0.25) is 25.2 Å². The third-order valence-corrected chi connectivity index (χ3v) is 5.95. The highest BCUT2D eigenvalue weighted by Crippen LogP contribution is 2.30. The Bertz CT molecular complexity index is 931. The number of benzene rings is 1. The van der Waals surface area contributed by atoms with Crippen LogP contribution in [0.2, 0.25) is 0 Å². The van der Waals surface area contributed by atoms with E-state index in [1.165, 1.54) is 11.8 Å². The van der Waals surface area contributed by atoms with E-state index < -0.39 is 17.7 Å². The molecule has 0 spiro atoms. The largest absolute Gasteiger partial charge is 0.483 e. The molecule has 2 heterocycles. The van der Waals surface area contributed by atoms with E-state index in [2.05, 4.69) is 40.6 Å². The zero-order chi connectivity index (χ0) is 22.4. The first-order valence-corrected chi connectivity index (χ1v) is 11.0. The number of hydrazine groups is 1. The number of halogens is 1. The number of carbonyl (C=O) groups excluding carboxylic acids is 3. The first kappa shape index (κ1) is 22.9. The highest BCUT2D eigenvalue weighted by Gasteiger charge is 2.34. The molecular formula is C22H26BrN3O5. The molecule has 9 heteroatoms. The van der Waals surface area contributed by atoms with Crippen molar-refractivity contribution in [1.82, 2.24) is 15.8 Å². The number of nitrogens with one attached hydrogen (secondary N) is 2. The average molecular weight is 492 g/mol. The van der Waals surface area contributed by atoms with Crippen molar-refractivity contribution < 1.29 is 23.5 Å². The number of carbonyl (C=O) groups is 3. The van der Waals surface area contributed by atoms with Gasteiger partial charge in [-0.2, -0.15) is 0 Å². The van der Waals surface area contributed by atoms with Crippen LogP contribution in [-0.2, 0) is 20.9 Å². The molecule has 1 aliphatic rings. The van der Waals surface area contributed by atoms with Crippen molar-refractivity contribution in [2.45, 2.75) is 39.2 Å². The zero-order valence-electron chi connectivity index (χ0n) is 17.5. The number of nitrogens with zero attached hydrogens (tertiary/aromatic N) is 1. The summed E-state index contributed by atoms with van der Waals surface area (Å²) in [5, 5.41) is 0. The van der Waals surface area contributed by atoms with Crippen LogP contribution in [-0.4, -0.2) is 35.8 Å². The first-order valence-electron chi connectivity index (χ1n) is 10.2. The standard InChI is InChI=1S/C22H26BrN3O5/c1-3-14(2)15-6-7-19(18(23)9-15)31-13-20(27)24-25-22(29)16-10-21(28)26(11-16)12-17-5-4-8-30-17/h4-9,14,16H,3,10-13H2,1-2H3,(H,24,27)(H,25,29). The molecule has 8 nitrogen and oxygen atoms in total. The molecule has 2 atom stereocenters. The van der Waals surface area contributed by atoms with Crippen LogP contribution in [0.15, 0.2) is 45.5 Å². The molecule has 2 aromatic rings. The molecule has 1 fully saturated rings. The van der Waals surface area contributed by atoms with Crippen molar-refractivity contribution >= 4 is 33.7 Å². The Labute approximate surface area is 189 Å². The van der Waals surface area contributed by atoms with Gasteiger partial charge < -0.3 is 14.1 Å². The van der Waals surface area contributed by atoms with Gasteiger partial charge in [0.15, 0.2) is 6.61 Å². The van der Waals surface area contributed by atoms with Gasteiger partial charge in [0.05, 0.1) is 23.2 Å². The zero-order valence-corrected chi connectivity index (χ0v) is 19.1. The van der Waals surface area contributed by atoms with E-state index in [0.29, 0.717) is 24.0 Å². The number of furan rings is 1. The van der Waals surface area contributed by atoms with Crippen molar-refractivity contribution in [3.63, 3.8) is 0 Å². The summed E-state index contributed by atoms with van der Waals surface area (Å²) < 4.78 is 11.5. The molecule has 0 saturated carbocycles. The summed E-state index contributed by atoms with van der Waals surface area (Å²) in [6.45, 7) is 4.61. The number of hydrogen-bond acceptors (Lipinski definition) is 5. The third-order valence-electron chi connectivity index (χ3n) is 5.33. The molecule has 1 aromatic carbocycles. The maximum absolute atomic E-state index is 12.3. The lowest BCUT2D eigenvalue weighted by Gasteiger charge is -2.15. The van der Waals surface area contributed by atoms with Gasteiger partial charge in [0.2, 0.25) is 11.8 Å². The normalized spacial score (nSPS) is 16.8. The van der Waals surface area contributed by atoms with Crippen LogP contribution in [0.3, 0.4) is 0 Å². The van der Waals surface area contributed by atoms with Gasteiger partial charge in [0, 0.05) is 13.0 Å². The van der Waals surface area contributed by atoms with E-state index in [9.17, 15) is 14.4 Å². The fourth-order valence-corrected chi connectivity index (χ4v) is 3.79. The summed E-state index contributed by atoms with van der Waals surface area (Å²) in [6, 6.07) is 9.29. The Morgan fingerprint density at radius 3 is 2.81 bits per heavy atom. The van der Waals surface area contributed by atoms with Crippen molar-refractivity contribution in [3.8, 4) is 5.75 Å². The maximum atomic E-state index is 12.3. The third kappa shape index (κ3) is 6.10. The van der Waals surface area contributed by atoms with Crippen LogP contribution in [0.5, 0.6) is 5.75 Å². The molecule has 1 aliphatic heterocycles. The van der Waals surface area contributed by atoms with E-state index in [4.69, 9.17) is 9.15 Å². The molecule has 3 rings (SSSR count). The summed E-state index contributed by atoms with van der Waals surface area (Å²) in [7, 11) is 0. The predicted octanol–water partition coefficient (Wildman–Crippen LogP) is 3.13. The van der Waals surface area contributed by atoms with Gasteiger partial charge in [-0.15, -0.1) is 0 Å². The molecule has 31 heavy (non-hydrogen) atoms. The monoisotopic (exact) mass is 491 g/mol. The lowest BCUT2D eigenvalue weighted by molar-refractivity contribution is -0.132. The Morgan fingerprint density at radius 1 is 1.32 bits per heavy atom. The minimum Gasteiger partial charge on any atom is -0.483 e.